The molecule has 1 aliphatic heterocycles. The van der Waals surface area contributed by atoms with Crippen molar-refractivity contribution in [1.82, 2.24) is 20.2 Å². The molecule has 3 aromatic rings. The summed E-state index contributed by atoms with van der Waals surface area (Å²) in [5, 5.41) is 3.36. The highest BCUT2D eigenvalue weighted by Crippen LogP contribution is 2.17. The second kappa shape index (κ2) is 9.56. The number of fused-ring (bicyclic) bond motifs is 1. The molecule has 0 bridgehead atoms. The molecule has 30 heavy (non-hydrogen) atoms. The molecule has 1 fully saturated rings. The first kappa shape index (κ1) is 20.1. The molecule has 4 N–H and O–H groups in total. The van der Waals surface area contributed by atoms with Crippen LogP contribution < -0.4 is 21.3 Å². The zero-order valence-corrected chi connectivity index (χ0v) is 16.9. The molecule has 0 saturated carbocycles. The van der Waals surface area contributed by atoms with Gasteiger partial charge in [0.05, 0.1) is 23.3 Å². The second-order valence-electron chi connectivity index (χ2n) is 7.40. The number of aromatic nitrogens is 2. The number of aromatic amines is 1. The van der Waals surface area contributed by atoms with Gasteiger partial charge in [0.2, 0.25) is 0 Å². The Hall–Kier alpha value is -3.16. The Balaban J connectivity index is 1.41. The van der Waals surface area contributed by atoms with Crippen LogP contribution in [0.15, 0.2) is 53.3 Å². The van der Waals surface area contributed by atoms with Gasteiger partial charge in [0.25, 0.3) is 5.56 Å². The fraction of sp³-hybridized carbons (Fsp3) is 0.304. The van der Waals surface area contributed by atoms with Crippen molar-refractivity contribution in [3.8, 4) is 5.75 Å². The Morgan fingerprint density at radius 2 is 2.00 bits per heavy atom. The summed E-state index contributed by atoms with van der Waals surface area (Å²) in [4.78, 5) is 22.1. The minimum atomic E-state index is -0.303. The van der Waals surface area contributed by atoms with Gasteiger partial charge in [0.15, 0.2) is 5.69 Å². The van der Waals surface area contributed by atoms with Crippen molar-refractivity contribution >= 4 is 22.8 Å². The van der Waals surface area contributed by atoms with Gasteiger partial charge in [-0.15, -0.1) is 0 Å². The summed E-state index contributed by atoms with van der Waals surface area (Å²) < 4.78 is 5.91. The van der Waals surface area contributed by atoms with Crippen LogP contribution in [0, 0.1) is 0 Å². The lowest BCUT2D eigenvalue weighted by Gasteiger charge is -2.26. The molecule has 0 spiro atoms. The molecule has 0 amide bonds. The Bertz CT molecular complexity index is 1090. The average Bonchev–Trinajstić information content (AvgIpc) is 2.77. The Morgan fingerprint density at radius 3 is 2.87 bits per heavy atom. The first-order valence-electron chi connectivity index (χ1n) is 10.3. The molecule has 4 rings (SSSR count). The van der Waals surface area contributed by atoms with Gasteiger partial charge in [-0.05, 0) is 42.3 Å². The molecular weight excluding hydrogens is 378 g/mol. The van der Waals surface area contributed by atoms with E-state index in [-0.39, 0.29) is 11.3 Å². The first-order valence-corrected chi connectivity index (χ1v) is 10.3. The van der Waals surface area contributed by atoms with Crippen molar-refractivity contribution in [1.29, 1.82) is 0 Å². The van der Waals surface area contributed by atoms with Gasteiger partial charge in [-0.25, -0.2) is 4.98 Å². The van der Waals surface area contributed by atoms with E-state index < -0.39 is 0 Å². The van der Waals surface area contributed by atoms with Crippen LogP contribution in [-0.4, -0.2) is 54.2 Å². The molecule has 0 atom stereocenters. The van der Waals surface area contributed by atoms with E-state index in [1.165, 1.54) is 0 Å². The van der Waals surface area contributed by atoms with E-state index >= 15 is 0 Å². The van der Waals surface area contributed by atoms with Crippen molar-refractivity contribution in [2.24, 2.45) is 5.73 Å². The Labute approximate surface area is 175 Å². The number of benzene rings is 2. The van der Waals surface area contributed by atoms with E-state index in [1.54, 1.807) is 6.08 Å². The van der Waals surface area contributed by atoms with Crippen LogP contribution in [0.5, 0.6) is 5.75 Å². The topological polar surface area (TPSA) is 96.3 Å². The zero-order valence-electron chi connectivity index (χ0n) is 16.9. The van der Waals surface area contributed by atoms with Crippen LogP contribution in [0.1, 0.15) is 17.7 Å². The van der Waals surface area contributed by atoms with E-state index in [9.17, 15) is 4.79 Å². The predicted octanol–water partition coefficient (Wildman–Crippen LogP) is 2.05. The van der Waals surface area contributed by atoms with E-state index in [2.05, 4.69) is 20.2 Å². The number of nitrogens with two attached hydrogens (primary N) is 1. The number of rotatable bonds is 7. The van der Waals surface area contributed by atoms with Gasteiger partial charge in [-0.1, -0.05) is 24.3 Å². The molecule has 2 heterocycles. The maximum Gasteiger partial charge on any atom is 0.276 e. The van der Waals surface area contributed by atoms with Crippen LogP contribution in [0.3, 0.4) is 0 Å². The van der Waals surface area contributed by atoms with Gasteiger partial charge >= 0.3 is 0 Å². The van der Waals surface area contributed by atoms with Gasteiger partial charge in [0.1, 0.15) is 5.75 Å². The summed E-state index contributed by atoms with van der Waals surface area (Å²) in [6, 6.07) is 15.1. The second-order valence-corrected chi connectivity index (χ2v) is 7.40. The van der Waals surface area contributed by atoms with Crippen LogP contribution >= 0.6 is 0 Å². The number of hydrogen-bond donors (Lipinski definition) is 3. The van der Waals surface area contributed by atoms with Crippen molar-refractivity contribution in [2.45, 2.75) is 6.42 Å². The highest BCUT2D eigenvalue weighted by Gasteiger charge is 2.09. The monoisotopic (exact) mass is 405 g/mol. The lowest BCUT2D eigenvalue weighted by molar-refractivity contribution is 0.214. The molecule has 2 aromatic carbocycles. The smallest absolute Gasteiger partial charge is 0.276 e. The highest BCUT2D eigenvalue weighted by molar-refractivity contribution is 5.81. The van der Waals surface area contributed by atoms with Crippen LogP contribution in [0.2, 0.25) is 0 Å². The maximum absolute atomic E-state index is 12.4. The largest absolute Gasteiger partial charge is 0.494 e. The third-order valence-electron chi connectivity index (χ3n) is 5.15. The van der Waals surface area contributed by atoms with E-state index in [4.69, 9.17) is 10.5 Å². The lowest BCUT2D eigenvalue weighted by atomic mass is 10.1. The standard InChI is InChI=1S/C23H27N5O2/c24-19(22-23(29)27-21-8-2-1-7-20(21)26-22)16-17-5-3-6-18(15-17)30-14-4-11-28-12-9-25-10-13-28/h1-3,5-8,15-16,25H,4,9-14,24H2,(H,27,29)/b19-16-. The number of nitrogens with one attached hydrogen (secondary N) is 2. The minimum absolute atomic E-state index is 0.219. The van der Waals surface area contributed by atoms with Crippen LogP contribution in [0.4, 0.5) is 0 Å². The van der Waals surface area contributed by atoms with Gasteiger partial charge in [-0.3, -0.25) is 4.79 Å². The number of hydrogen-bond acceptors (Lipinski definition) is 6. The van der Waals surface area contributed by atoms with Gasteiger partial charge < -0.3 is 25.7 Å². The molecule has 0 unspecified atom stereocenters. The fourth-order valence-electron chi connectivity index (χ4n) is 3.58. The number of H-pyrrole nitrogens is 1. The molecule has 1 aromatic heterocycles. The third-order valence-corrected chi connectivity index (χ3v) is 5.15. The lowest BCUT2D eigenvalue weighted by Crippen LogP contribution is -2.43. The van der Waals surface area contributed by atoms with Crippen molar-refractivity contribution in [3.05, 3.63) is 70.1 Å². The van der Waals surface area contributed by atoms with Gasteiger partial charge in [-0.2, -0.15) is 0 Å². The van der Waals surface area contributed by atoms with E-state index in [0.29, 0.717) is 23.3 Å². The Morgan fingerprint density at radius 1 is 1.17 bits per heavy atom. The third kappa shape index (κ3) is 5.06. The summed E-state index contributed by atoms with van der Waals surface area (Å²) in [7, 11) is 0. The first-order chi connectivity index (χ1) is 14.7. The number of piperazine rings is 1. The molecule has 156 valence electrons. The quantitative estimate of drug-likeness (QED) is 0.521. The number of ether oxygens (including phenoxy) is 1. The predicted molar refractivity (Wildman–Crippen MR) is 120 cm³/mol. The SMILES string of the molecule is N/C(=C\c1cccc(OCCCN2CCNCC2)c1)c1nc2ccccc2[nH]c1=O. The maximum atomic E-state index is 12.4. The fourth-order valence-corrected chi connectivity index (χ4v) is 3.58. The molecule has 1 saturated heterocycles. The van der Waals surface area contributed by atoms with Crippen molar-refractivity contribution in [3.63, 3.8) is 0 Å². The molecule has 0 aliphatic carbocycles. The van der Waals surface area contributed by atoms with Crippen molar-refractivity contribution < 1.29 is 4.74 Å². The van der Waals surface area contributed by atoms with Gasteiger partial charge in [0, 0.05) is 32.7 Å². The molecular formula is C23H27N5O2. The van der Waals surface area contributed by atoms with Crippen LogP contribution in [-0.2, 0) is 0 Å². The van der Waals surface area contributed by atoms with E-state index in [0.717, 1.165) is 50.5 Å². The minimum Gasteiger partial charge on any atom is -0.494 e. The molecule has 0 radical (unpaired) electrons. The van der Waals surface area contributed by atoms with Crippen LogP contribution in [0.25, 0.3) is 22.8 Å². The molecule has 1 aliphatic rings. The summed E-state index contributed by atoms with van der Waals surface area (Å²) >= 11 is 0. The number of para-hydroxylation sites is 2. The summed E-state index contributed by atoms with van der Waals surface area (Å²) in [6.07, 6.45) is 2.73. The van der Waals surface area contributed by atoms with Crippen molar-refractivity contribution in [2.75, 3.05) is 39.3 Å². The van der Waals surface area contributed by atoms with E-state index in [1.807, 2.05) is 48.5 Å². The molecule has 7 nitrogen and oxygen atoms in total. The highest BCUT2D eigenvalue weighted by atomic mass is 16.5. The average molecular weight is 406 g/mol. The molecule has 7 heteroatoms. The zero-order chi connectivity index (χ0) is 20.8. The summed E-state index contributed by atoms with van der Waals surface area (Å²) in [5.41, 5.74) is 8.69. The normalized spacial score (nSPS) is 15.4. The number of nitrogens with zero attached hydrogens (tertiary/aromatic N) is 2. The summed E-state index contributed by atoms with van der Waals surface area (Å²) in [5.74, 6) is 0.789. The Kier molecular flexibility index (Phi) is 6.41. The summed E-state index contributed by atoms with van der Waals surface area (Å²) in [6.45, 7) is 6.03.